The van der Waals surface area contributed by atoms with Crippen molar-refractivity contribution in [3.05, 3.63) is 47.5 Å². The maximum Gasteiger partial charge on any atom is 0.111 e. The first-order valence-corrected chi connectivity index (χ1v) is 6.76. The first kappa shape index (κ1) is 25.1. The lowest BCUT2D eigenvalue weighted by Crippen LogP contribution is -2.54. The van der Waals surface area contributed by atoms with E-state index < -0.39 is 24.4 Å². The number of aliphatic hydroxyl groups is 4. The van der Waals surface area contributed by atoms with Crippen molar-refractivity contribution in [2.45, 2.75) is 30.8 Å². The number of rotatable bonds is 5. The minimum absolute atomic E-state index is 0. The van der Waals surface area contributed by atoms with Gasteiger partial charge < -0.3 is 25.7 Å². The quantitative estimate of drug-likeness (QED) is 0.445. The van der Waals surface area contributed by atoms with Crippen molar-refractivity contribution in [3.63, 3.8) is 0 Å². The fourth-order valence-electron chi connectivity index (χ4n) is 2.40. The van der Waals surface area contributed by atoms with Gasteiger partial charge >= 0.3 is 0 Å². The highest BCUT2D eigenvalue weighted by Gasteiger charge is 2.36. The van der Waals surface area contributed by atoms with Crippen molar-refractivity contribution >= 4 is 40.5 Å². The molecule has 1 unspecified atom stereocenters. The van der Waals surface area contributed by atoms with Crippen LogP contribution < -0.4 is 5.32 Å². The molecule has 0 aromatic heterocycles. The molecule has 0 aliphatic heterocycles. The Bertz CT molecular complexity index is 461. The van der Waals surface area contributed by atoms with Crippen LogP contribution in [0.15, 0.2) is 42.0 Å². The largest absolute Gasteiger partial charge is 0.392 e. The summed E-state index contributed by atoms with van der Waals surface area (Å²) in [5.41, 5.74) is 1.51. The number of nitrogens with one attached hydrogen (secondary N) is 1. The molecule has 0 amide bonds. The lowest BCUT2D eigenvalue weighted by atomic mass is 9.88. The predicted octanol–water partition coefficient (Wildman–Crippen LogP) is -0.459. The van der Waals surface area contributed by atoms with Crippen LogP contribution in [0.2, 0.25) is 0 Å². The van der Waals surface area contributed by atoms with E-state index in [9.17, 15) is 15.3 Å². The van der Waals surface area contributed by atoms with Crippen LogP contribution in [0.4, 0.5) is 0 Å². The van der Waals surface area contributed by atoms with E-state index in [4.69, 9.17) is 5.11 Å². The second-order valence-corrected chi connectivity index (χ2v) is 5.04. The topological polar surface area (TPSA) is 93.0 Å². The van der Waals surface area contributed by atoms with Gasteiger partial charge in [-0.15, -0.1) is 0 Å². The molecule has 0 spiro atoms. The van der Waals surface area contributed by atoms with Crippen molar-refractivity contribution < 1.29 is 20.4 Å². The Hall–Kier alpha value is -0.190. The van der Waals surface area contributed by atoms with Crippen molar-refractivity contribution in [2.24, 2.45) is 0 Å². The number of hydrogen-bond acceptors (Lipinski definition) is 5. The van der Waals surface area contributed by atoms with Crippen LogP contribution in [-0.2, 0) is 6.42 Å². The molecule has 0 heterocycles. The maximum absolute atomic E-state index is 9.92. The SMILES string of the molecule is OCC1=C[C@H](NCCc2ccccc2)[C@H](O)C(O)[C@@H]1O.S.S.S. The highest BCUT2D eigenvalue weighted by atomic mass is 32.1. The van der Waals surface area contributed by atoms with E-state index in [1.54, 1.807) is 6.08 Å². The average Bonchev–Trinajstić information content (AvgIpc) is 2.48. The summed E-state index contributed by atoms with van der Waals surface area (Å²) in [5, 5.41) is 41.6. The smallest absolute Gasteiger partial charge is 0.111 e. The zero-order valence-corrected chi connectivity index (χ0v) is 15.7. The molecule has 1 aromatic carbocycles. The molecule has 1 aliphatic rings. The van der Waals surface area contributed by atoms with Gasteiger partial charge in [0.1, 0.15) is 18.3 Å². The molecule has 1 aliphatic carbocycles. The van der Waals surface area contributed by atoms with Gasteiger partial charge in [0, 0.05) is 0 Å². The van der Waals surface area contributed by atoms with E-state index in [0.29, 0.717) is 12.1 Å². The monoisotopic (exact) mass is 381 g/mol. The molecule has 1 aromatic rings. The van der Waals surface area contributed by atoms with Crippen LogP contribution in [0.25, 0.3) is 0 Å². The van der Waals surface area contributed by atoms with Crippen LogP contribution in [0.5, 0.6) is 0 Å². The fraction of sp³-hybridized carbons (Fsp3) is 0.467. The maximum atomic E-state index is 9.92. The number of benzene rings is 1. The standard InChI is InChI=1S/C15H21NO4.3H2S/c17-9-11-8-12(14(19)15(20)13(11)18)16-7-6-10-4-2-1-3-5-10;;;/h1-5,8,12-20H,6-7,9H2;3*1H2/t12-,13+,14-,15?;;;/m0.../s1. The van der Waals surface area contributed by atoms with Crippen molar-refractivity contribution in [1.82, 2.24) is 5.32 Å². The van der Waals surface area contributed by atoms with E-state index in [1.165, 1.54) is 5.56 Å². The molecule has 2 rings (SSSR count). The van der Waals surface area contributed by atoms with E-state index in [2.05, 4.69) is 5.32 Å². The zero-order chi connectivity index (χ0) is 14.5. The van der Waals surface area contributed by atoms with Crippen LogP contribution in [-0.4, -0.2) is 57.9 Å². The predicted molar refractivity (Wildman–Crippen MR) is 106 cm³/mol. The number of aliphatic hydroxyl groups excluding tert-OH is 4. The second kappa shape index (κ2) is 12.2. The molecular weight excluding hydrogens is 354 g/mol. The molecule has 8 heteroatoms. The summed E-state index contributed by atoms with van der Waals surface area (Å²) in [6.07, 6.45) is -1.19. The Morgan fingerprint density at radius 2 is 1.52 bits per heavy atom. The summed E-state index contributed by atoms with van der Waals surface area (Å²) in [4.78, 5) is 0. The molecule has 0 saturated heterocycles. The van der Waals surface area contributed by atoms with Crippen molar-refractivity contribution in [1.29, 1.82) is 0 Å². The fourth-order valence-corrected chi connectivity index (χ4v) is 2.40. The Kier molecular flexibility index (Phi) is 13.3. The minimum Gasteiger partial charge on any atom is -0.392 e. The van der Waals surface area contributed by atoms with Gasteiger partial charge in [-0.1, -0.05) is 36.4 Å². The van der Waals surface area contributed by atoms with Gasteiger partial charge in [0.15, 0.2) is 0 Å². The van der Waals surface area contributed by atoms with Crippen LogP contribution >= 0.6 is 40.5 Å². The Labute approximate surface area is 157 Å². The highest BCUT2D eigenvalue weighted by Crippen LogP contribution is 2.20. The normalized spacial score (nSPS) is 26.2. The number of hydrogen-bond donors (Lipinski definition) is 5. The molecule has 0 fully saturated rings. The first-order chi connectivity index (χ1) is 9.63. The first-order valence-electron chi connectivity index (χ1n) is 6.76. The molecule has 5 N–H and O–H groups in total. The van der Waals surface area contributed by atoms with Gasteiger partial charge in [0.2, 0.25) is 0 Å². The summed E-state index contributed by atoms with van der Waals surface area (Å²) in [6.45, 7) is 0.297. The summed E-state index contributed by atoms with van der Waals surface area (Å²) in [7, 11) is 0. The van der Waals surface area contributed by atoms with E-state index >= 15 is 0 Å². The second-order valence-electron chi connectivity index (χ2n) is 5.04. The molecule has 5 nitrogen and oxygen atoms in total. The van der Waals surface area contributed by atoms with Crippen molar-refractivity contribution in [3.8, 4) is 0 Å². The van der Waals surface area contributed by atoms with E-state index in [-0.39, 0.29) is 47.1 Å². The summed E-state index contributed by atoms with van der Waals surface area (Å²) in [6, 6.07) is 9.46. The summed E-state index contributed by atoms with van der Waals surface area (Å²) < 4.78 is 0. The third-order valence-corrected chi connectivity index (χ3v) is 3.63. The molecule has 0 bridgehead atoms. The van der Waals surface area contributed by atoms with Crippen LogP contribution in [0.3, 0.4) is 0 Å². The third kappa shape index (κ3) is 6.67. The van der Waals surface area contributed by atoms with Crippen molar-refractivity contribution in [2.75, 3.05) is 13.2 Å². The van der Waals surface area contributed by atoms with Gasteiger partial charge in [-0.05, 0) is 24.1 Å². The molecular formula is C15H27NO4S3. The van der Waals surface area contributed by atoms with Gasteiger partial charge in [-0.25, -0.2) is 0 Å². The molecule has 23 heavy (non-hydrogen) atoms. The van der Waals surface area contributed by atoms with Crippen LogP contribution in [0, 0.1) is 0 Å². The van der Waals surface area contributed by atoms with Gasteiger partial charge in [0.25, 0.3) is 0 Å². The average molecular weight is 382 g/mol. The lowest BCUT2D eigenvalue weighted by Gasteiger charge is -2.34. The molecule has 134 valence electrons. The lowest BCUT2D eigenvalue weighted by molar-refractivity contribution is -0.0640. The summed E-state index contributed by atoms with van der Waals surface area (Å²) in [5.74, 6) is 0. The van der Waals surface area contributed by atoms with E-state index in [0.717, 1.165) is 6.42 Å². The van der Waals surface area contributed by atoms with Gasteiger partial charge in [0.05, 0.1) is 12.6 Å². The summed E-state index contributed by atoms with van der Waals surface area (Å²) >= 11 is 0. The third-order valence-electron chi connectivity index (χ3n) is 3.63. The van der Waals surface area contributed by atoms with Gasteiger partial charge in [-0.3, -0.25) is 0 Å². The van der Waals surface area contributed by atoms with Crippen LogP contribution in [0.1, 0.15) is 5.56 Å². The molecule has 0 radical (unpaired) electrons. The molecule has 4 atom stereocenters. The Morgan fingerprint density at radius 1 is 0.913 bits per heavy atom. The molecule has 0 saturated carbocycles. The Morgan fingerprint density at radius 3 is 2.09 bits per heavy atom. The minimum atomic E-state index is -1.28. The van der Waals surface area contributed by atoms with E-state index in [1.807, 2.05) is 30.3 Å². The highest BCUT2D eigenvalue weighted by molar-refractivity contribution is 7.59. The Balaban J connectivity index is 0. The zero-order valence-electron chi connectivity index (χ0n) is 12.7. The van der Waals surface area contributed by atoms with Gasteiger partial charge in [-0.2, -0.15) is 40.5 Å².